The molecule has 7 heteroatoms. The zero-order chi connectivity index (χ0) is 25.7. The molecule has 0 radical (unpaired) electrons. The number of aryl methyl sites for hydroxylation is 1. The first kappa shape index (κ1) is 28.3. The Kier molecular flexibility index (Phi) is 11.6. The number of unbranched alkanes of at least 4 members (excludes halogenated alkanes) is 4. The highest BCUT2D eigenvalue weighted by Gasteiger charge is 2.33. The van der Waals surface area contributed by atoms with Crippen molar-refractivity contribution in [2.45, 2.75) is 65.0 Å². The Balaban J connectivity index is 2.26. The summed E-state index contributed by atoms with van der Waals surface area (Å²) in [6.07, 6.45) is 1.53. The fourth-order valence-corrected chi connectivity index (χ4v) is 3.50. The number of rotatable bonds is 12. The maximum Gasteiger partial charge on any atom is 0.417 e. The van der Waals surface area contributed by atoms with Crippen LogP contribution >= 0.6 is 0 Å². The number of carbonyl (C=O) groups excluding carboxylic acids is 1. The van der Waals surface area contributed by atoms with Crippen LogP contribution < -0.4 is 0 Å². The number of ether oxygens (including phenoxy) is 2. The first-order valence-electron chi connectivity index (χ1n) is 12.1. The van der Waals surface area contributed by atoms with E-state index < -0.39 is 23.5 Å². The number of alkyl halides is 3. The monoisotopic (exact) mass is 490 g/mol. The van der Waals surface area contributed by atoms with Crippen LogP contribution in [0.25, 0.3) is 0 Å². The Labute approximate surface area is 205 Å². The van der Waals surface area contributed by atoms with Crippen molar-refractivity contribution >= 4 is 5.97 Å². The van der Waals surface area contributed by atoms with Crippen molar-refractivity contribution in [1.82, 2.24) is 0 Å². The van der Waals surface area contributed by atoms with Crippen molar-refractivity contribution in [3.05, 3.63) is 64.2 Å². The lowest BCUT2D eigenvalue weighted by Crippen LogP contribution is -2.08. The average Bonchev–Trinajstić information content (AvgIpc) is 2.82. The minimum atomic E-state index is -4.64. The number of esters is 1. The van der Waals surface area contributed by atoms with E-state index in [2.05, 4.69) is 18.8 Å². The molecule has 1 N–H and O–H groups in total. The van der Waals surface area contributed by atoms with Gasteiger partial charge in [-0.1, -0.05) is 38.0 Å². The highest BCUT2D eigenvalue weighted by molar-refractivity contribution is 5.89. The largest absolute Gasteiger partial charge is 0.508 e. The van der Waals surface area contributed by atoms with Crippen molar-refractivity contribution < 1.29 is 32.5 Å². The number of hydrogen-bond acceptors (Lipinski definition) is 4. The van der Waals surface area contributed by atoms with E-state index >= 15 is 0 Å². The minimum Gasteiger partial charge on any atom is -0.508 e. The molecular weight excluding hydrogens is 457 g/mol. The van der Waals surface area contributed by atoms with E-state index in [1.54, 1.807) is 18.2 Å². The second kappa shape index (κ2) is 14.4. The molecule has 0 spiro atoms. The number of hydrogen-bond donors (Lipinski definition) is 1. The highest BCUT2D eigenvalue weighted by atomic mass is 19.4. The van der Waals surface area contributed by atoms with Crippen molar-refractivity contribution in [3.63, 3.8) is 0 Å². The fourth-order valence-electron chi connectivity index (χ4n) is 3.50. The van der Waals surface area contributed by atoms with Gasteiger partial charge in [-0.3, -0.25) is 0 Å². The van der Waals surface area contributed by atoms with Gasteiger partial charge in [-0.15, -0.1) is 0 Å². The molecule has 0 aliphatic heterocycles. The van der Waals surface area contributed by atoms with Crippen LogP contribution in [0.5, 0.6) is 5.75 Å². The SMILES string of the molecule is CCCCCCOC(=O)c1ccc(C#Cc2ccc(O)cc2C(F)(F)F)c(CCCCOCC)c1. The van der Waals surface area contributed by atoms with E-state index in [-0.39, 0.29) is 5.56 Å². The van der Waals surface area contributed by atoms with Gasteiger partial charge in [0.05, 0.1) is 17.7 Å². The zero-order valence-corrected chi connectivity index (χ0v) is 20.3. The molecule has 35 heavy (non-hydrogen) atoms. The Hall–Kier alpha value is -2.98. The van der Waals surface area contributed by atoms with Crippen LogP contribution in [0.15, 0.2) is 36.4 Å². The molecule has 0 saturated carbocycles. The fraction of sp³-hybridized carbons (Fsp3) is 0.464. The van der Waals surface area contributed by atoms with E-state index in [1.807, 2.05) is 6.92 Å². The smallest absolute Gasteiger partial charge is 0.417 e. The van der Waals surface area contributed by atoms with Crippen LogP contribution in [0.1, 0.15) is 85.0 Å². The summed E-state index contributed by atoms with van der Waals surface area (Å²) in [6, 6.07) is 7.93. The summed E-state index contributed by atoms with van der Waals surface area (Å²) >= 11 is 0. The van der Waals surface area contributed by atoms with Gasteiger partial charge in [0.1, 0.15) is 5.75 Å². The molecule has 0 saturated heterocycles. The summed E-state index contributed by atoms with van der Waals surface area (Å²) in [5.41, 5.74) is 0.482. The van der Waals surface area contributed by atoms with E-state index in [1.165, 1.54) is 6.07 Å². The van der Waals surface area contributed by atoms with Gasteiger partial charge in [0.15, 0.2) is 0 Å². The normalized spacial score (nSPS) is 11.1. The summed E-state index contributed by atoms with van der Waals surface area (Å²) in [5.74, 6) is 4.53. The third-order valence-corrected chi connectivity index (χ3v) is 5.40. The number of benzene rings is 2. The Morgan fingerprint density at radius 1 is 0.914 bits per heavy atom. The van der Waals surface area contributed by atoms with E-state index in [0.29, 0.717) is 43.4 Å². The molecule has 0 unspecified atom stereocenters. The number of halogens is 3. The van der Waals surface area contributed by atoms with E-state index in [4.69, 9.17) is 9.47 Å². The molecule has 0 atom stereocenters. The molecule has 0 aliphatic rings. The molecule has 0 bridgehead atoms. The average molecular weight is 491 g/mol. The molecule has 190 valence electrons. The predicted octanol–water partition coefficient (Wildman–Crippen LogP) is 6.91. The predicted molar refractivity (Wildman–Crippen MR) is 129 cm³/mol. The van der Waals surface area contributed by atoms with Crippen LogP contribution in [-0.2, 0) is 22.1 Å². The topological polar surface area (TPSA) is 55.8 Å². The number of carbonyl (C=O) groups is 1. The summed E-state index contributed by atoms with van der Waals surface area (Å²) in [6.45, 7) is 5.62. The maximum absolute atomic E-state index is 13.4. The van der Waals surface area contributed by atoms with Gasteiger partial charge in [-0.2, -0.15) is 13.2 Å². The molecule has 0 fully saturated rings. The maximum atomic E-state index is 13.4. The molecular formula is C28H33F3O4. The highest BCUT2D eigenvalue weighted by Crippen LogP contribution is 2.33. The first-order chi connectivity index (χ1) is 16.8. The van der Waals surface area contributed by atoms with E-state index in [0.717, 1.165) is 50.2 Å². The van der Waals surface area contributed by atoms with Gasteiger partial charge >= 0.3 is 12.1 Å². The van der Waals surface area contributed by atoms with Gasteiger partial charge in [-0.05, 0) is 74.6 Å². The van der Waals surface area contributed by atoms with Crippen molar-refractivity contribution in [2.75, 3.05) is 19.8 Å². The van der Waals surface area contributed by atoms with Gasteiger partial charge in [0, 0.05) is 24.3 Å². The van der Waals surface area contributed by atoms with Crippen molar-refractivity contribution in [1.29, 1.82) is 0 Å². The van der Waals surface area contributed by atoms with Crippen LogP contribution in [0.4, 0.5) is 13.2 Å². The molecule has 4 nitrogen and oxygen atoms in total. The van der Waals surface area contributed by atoms with Gasteiger partial charge in [0.2, 0.25) is 0 Å². The molecule has 0 aliphatic carbocycles. The Morgan fingerprint density at radius 2 is 1.63 bits per heavy atom. The molecule has 0 heterocycles. The molecule has 0 aromatic heterocycles. The lowest BCUT2D eigenvalue weighted by atomic mass is 9.98. The van der Waals surface area contributed by atoms with Crippen LogP contribution in [0.2, 0.25) is 0 Å². The van der Waals surface area contributed by atoms with Gasteiger partial charge in [-0.25, -0.2) is 4.79 Å². The number of phenols is 1. The Bertz CT molecular complexity index is 1020. The van der Waals surface area contributed by atoms with Gasteiger partial charge < -0.3 is 14.6 Å². The summed E-state index contributed by atoms with van der Waals surface area (Å²) in [5, 5.41) is 9.47. The first-order valence-corrected chi connectivity index (χ1v) is 12.1. The number of phenolic OH excluding ortho intramolecular Hbond substituents is 1. The minimum absolute atomic E-state index is 0.229. The summed E-state index contributed by atoms with van der Waals surface area (Å²) in [7, 11) is 0. The van der Waals surface area contributed by atoms with Gasteiger partial charge in [0.25, 0.3) is 0 Å². The number of aromatic hydroxyl groups is 1. The Morgan fingerprint density at radius 3 is 2.34 bits per heavy atom. The second-order valence-corrected chi connectivity index (χ2v) is 8.20. The zero-order valence-electron chi connectivity index (χ0n) is 20.3. The van der Waals surface area contributed by atoms with Crippen molar-refractivity contribution in [2.24, 2.45) is 0 Å². The van der Waals surface area contributed by atoms with Crippen LogP contribution in [-0.4, -0.2) is 30.9 Å². The molecule has 2 aromatic rings. The molecule has 2 aromatic carbocycles. The quantitative estimate of drug-likeness (QED) is 0.200. The summed E-state index contributed by atoms with van der Waals surface area (Å²) in [4.78, 5) is 12.5. The second-order valence-electron chi connectivity index (χ2n) is 8.20. The standard InChI is InChI=1S/C28H33F3O4/c1-3-5-6-8-18-35-27(33)24-14-12-21(23(19-24)10-7-9-17-34-4-2)11-13-22-15-16-25(32)20-26(22)28(29,30)31/h12,14-16,19-20,32H,3-10,17-18H2,1-2H3. The third kappa shape index (κ3) is 9.65. The van der Waals surface area contributed by atoms with Crippen molar-refractivity contribution in [3.8, 4) is 17.6 Å². The summed E-state index contributed by atoms with van der Waals surface area (Å²) < 4.78 is 50.9. The molecule has 2 rings (SSSR count). The van der Waals surface area contributed by atoms with E-state index in [9.17, 15) is 23.1 Å². The lowest BCUT2D eigenvalue weighted by molar-refractivity contribution is -0.137. The van der Waals surface area contributed by atoms with Crippen LogP contribution in [0, 0.1) is 11.8 Å². The van der Waals surface area contributed by atoms with Crippen LogP contribution in [0.3, 0.4) is 0 Å². The lowest BCUT2D eigenvalue weighted by Gasteiger charge is -2.10. The molecule has 0 amide bonds. The third-order valence-electron chi connectivity index (χ3n) is 5.40.